The molecule has 3 rings (SSSR count). The molecule has 9 nitrogen and oxygen atoms in total. The Bertz CT molecular complexity index is 987. The second kappa shape index (κ2) is 7.32. The van der Waals surface area contributed by atoms with Crippen LogP contribution in [0.5, 0.6) is 0 Å². The van der Waals surface area contributed by atoms with Crippen molar-refractivity contribution in [3.63, 3.8) is 0 Å². The molecular weight excluding hydrogens is 363 g/mol. The maximum atomic E-state index is 13.9. The molecule has 1 unspecified atom stereocenters. The fourth-order valence-corrected chi connectivity index (χ4v) is 3.57. The molecule has 0 aliphatic heterocycles. The van der Waals surface area contributed by atoms with E-state index in [4.69, 9.17) is 0 Å². The summed E-state index contributed by atoms with van der Waals surface area (Å²) in [6.07, 6.45) is 1.18. The number of aryl methyl sites for hydroxylation is 1. The Morgan fingerprint density at radius 3 is 2.85 bits per heavy atom. The molecule has 1 atom stereocenters. The fourth-order valence-electron chi connectivity index (χ4n) is 2.50. The van der Waals surface area contributed by atoms with Crippen LogP contribution in [0.1, 0.15) is 18.2 Å². The van der Waals surface area contributed by atoms with Crippen LogP contribution in [0.3, 0.4) is 0 Å². The predicted octanol–water partition coefficient (Wildman–Crippen LogP) is 0.746. The molecule has 0 fully saturated rings. The Kier molecular flexibility index (Phi) is 5.11. The molecule has 11 heteroatoms. The summed E-state index contributed by atoms with van der Waals surface area (Å²) < 4.78 is 42.9. The summed E-state index contributed by atoms with van der Waals surface area (Å²) in [6, 6.07) is 6.86. The van der Waals surface area contributed by atoms with Crippen molar-refractivity contribution in [2.24, 2.45) is 7.05 Å². The first-order valence-corrected chi connectivity index (χ1v) is 9.19. The number of tetrazole rings is 1. The summed E-state index contributed by atoms with van der Waals surface area (Å²) in [5, 5.41) is 23.0. The van der Waals surface area contributed by atoms with Crippen LogP contribution in [0.15, 0.2) is 41.4 Å². The highest BCUT2D eigenvalue weighted by atomic mass is 32.2. The number of hydrogen-bond donors (Lipinski definition) is 3. The van der Waals surface area contributed by atoms with E-state index in [2.05, 4.69) is 25.3 Å². The summed E-state index contributed by atoms with van der Waals surface area (Å²) in [6.45, 7) is 0.0175. The molecule has 26 heavy (non-hydrogen) atoms. The first kappa shape index (κ1) is 18.2. The van der Waals surface area contributed by atoms with Gasteiger partial charge in [0.1, 0.15) is 5.82 Å². The van der Waals surface area contributed by atoms with Gasteiger partial charge in [-0.25, -0.2) is 17.5 Å². The van der Waals surface area contributed by atoms with Crippen molar-refractivity contribution in [3.8, 4) is 11.4 Å². The van der Waals surface area contributed by atoms with Crippen LogP contribution in [0, 0.1) is 5.82 Å². The van der Waals surface area contributed by atoms with Crippen molar-refractivity contribution < 1.29 is 17.9 Å². The number of benzene rings is 1. The number of aliphatic hydroxyl groups excluding tert-OH is 1. The van der Waals surface area contributed by atoms with E-state index in [0.29, 0.717) is 5.69 Å². The number of aromatic nitrogens is 5. The van der Waals surface area contributed by atoms with Gasteiger partial charge in [-0.05, 0) is 42.0 Å². The van der Waals surface area contributed by atoms with Crippen molar-refractivity contribution in [3.05, 3.63) is 48.0 Å². The Balaban J connectivity index is 1.70. The average molecular weight is 380 g/mol. The van der Waals surface area contributed by atoms with Crippen molar-refractivity contribution in [1.82, 2.24) is 29.9 Å². The number of H-pyrrole nitrogens is 1. The van der Waals surface area contributed by atoms with Gasteiger partial charge in [-0.15, -0.1) is 10.2 Å². The van der Waals surface area contributed by atoms with Crippen molar-refractivity contribution in [2.75, 3.05) is 6.54 Å². The van der Waals surface area contributed by atoms with Crippen LogP contribution in [-0.4, -0.2) is 45.3 Å². The Morgan fingerprint density at radius 1 is 1.38 bits per heavy atom. The molecule has 1 aromatic carbocycles. The predicted molar refractivity (Wildman–Crippen MR) is 89.8 cm³/mol. The van der Waals surface area contributed by atoms with Gasteiger partial charge in [0.2, 0.25) is 15.8 Å². The highest BCUT2D eigenvalue weighted by Crippen LogP contribution is 2.22. The molecular formula is C15H17FN6O3S. The number of aliphatic hydroxyl groups is 1. The normalized spacial score (nSPS) is 13.0. The van der Waals surface area contributed by atoms with Gasteiger partial charge in [0.25, 0.3) is 0 Å². The van der Waals surface area contributed by atoms with Gasteiger partial charge in [0, 0.05) is 25.5 Å². The number of nitrogens with zero attached hydrogens (tertiary/aromatic N) is 4. The SMILES string of the molecule is Cn1cccc1C(O)CCNS(=O)(=O)c1ccc(F)c(-c2nn[nH]n2)c1. The van der Waals surface area contributed by atoms with E-state index >= 15 is 0 Å². The lowest BCUT2D eigenvalue weighted by atomic mass is 10.2. The smallest absolute Gasteiger partial charge is 0.240 e. The molecule has 0 saturated carbocycles. The van der Waals surface area contributed by atoms with Crippen LogP contribution in [0.25, 0.3) is 11.4 Å². The topological polar surface area (TPSA) is 126 Å². The van der Waals surface area contributed by atoms with E-state index in [9.17, 15) is 17.9 Å². The first-order chi connectivity index (χ1) is 12.4. The lowest BCUT2D eigenvalue weighted by molar-refractivity contribution is 0.161. The minimum atomic E-state index is -3.89. The Hall–Kier alpha value is -2.63. The third kappa shape index (κ3) is 3.79. The second-order valence-electron chi connectivity index (χ2n) is 5.62. The molecule has 2 aromatic heterocycles. The lowest BCUT2D eigenvalue weighted by Crippen LogP contribution is -2.26. The highest BCUT2D eigenvalue weighted by molar-refractivity contribution is 7.89. The number of aromatic amines is 1. The monoisotopic (exact) mass is 380 g/mol. The first-order valence-electron chi connectivity index (χ1n) is 7.71. The fraction of sp³-hybridized carbons (Fsp3) is 0.267. The Morgan fingerprint density at radius 2 is 2.19 bits per heavy atom. The summed E-state index contributed by atoms with van der Waals surface area (Å²) in [7, 11) is -2.09. The molecule has 3 aromatic rings. The standard InChI is InChI=1S/C15H17FN6O3S/c1-22-8-2-3-13(22)14(23)6-7-17-26(24,25)10-4-5-12(16)11(9-10)15-18-20-21-19-15/h2-5,8-9,14,17,23H,6-7H2,1H3,(H,18,19,20,21). The van der Waals surface area contributed by atoms with Gasteiger partial charge in [-0.3, -0.25) is 0 Å². The Labute approximate surface area is 148 Å². The summed E-state index contributed by atoms with van der Waals surface area (Å²) >= 11 is 0. The van der Waals surface area contributed by atoms with E-state index in [1.54, 1.807) is 29.9 Å². The minimum absolute atomic E-state index is 0.0175. The maximum Gasteiger partial charge on any atom is 0.240 e. The van der Waals surface area contributed by atoms with Gasteiger partial charge >= 0.3 is 0 Å². The van der Waals surface area contributed by atoms with Crippen LogP contribution in [0.2, 0.25) is 0 Å². The molecule has 0 aliphatic carbocycles. The maximum absolute atomic E-state index is 13.9. The van der Waals surface area contributed by atoms with Gasteiger partial charge in [0.15, 0.2) is 0 Å². The van der Waals surface area contributed by atoms with Crippen LogP contribution in [-0.2, 0) is 17.1 Å². The highest BCUT2D eigenvalue weighted by Gasteiger charge is 2.19. The van der Waals surface area contributed by atoms with Crippen molar-refractivity contribution >= 4 is 10.0 Å². The summed E-state index contributed by atoms with van der Waals surface area (Å²) in [5.41, 5.74) is 0.607. The number of hydrogen-bond acceptors (Lipinski definition) is 6. The number of rotatable bonds is 7. The number of sulfonamides is 1. The molecule has 3 N–H and O–H groups in total. The van der Waals surface area contributed by atoms with Gasteiger partial charge < -0.3 is 9.67 Å². The molecule has 0 spiro atoms. The van der Waals surface area contributed by atoms with Gasteiger partial charge in [-0.1, -0.05) is 0 Å². The van der Waals surface area contributed by atoms with E-state index in [-0.39, 0.29) is 29.2 Å². The quantitative estimate of drug-likeness (QED) is 0.555. The zero-order chi connectivity index (χ0) is 18.7. The molecule has 0 amide bonds. The van der Waals surface area contributed by atoms with Crippen molar-refractivity contribution in [2.45, 2.75) is 17.4 Å². The lowest BCUT2D eigenvalue weighted by Gasteiger charge is -2.13. The zero-order valence-corrected chi connectivity index (χ0v) is 14.6. The molecule has 0 saturated heterocycles. The summed E-state index contributed by atoms with van der Waals surface area (Å²) in [4.78, 5) is -0.132. The van der Waals surface area contributed by atoms with Gasteiger partial charge in [0.05, 0.1) is 16.6 Å². The molecule has 0 radical (unpaired) electrons. The second-order valence-corrected chi connectivity index (χ2v) is 7.39. The van der Waals surface area contributed by atoms with E-state index in [1.165, 1.54) is 0 Å². The van der Waals surface area contributed by atoms with E-state index in [1.807, 2.05) is 0 Å². The van der Waals surface area contributed by atoms with Crippen LogP contribution in [0.4, 0.5) is 4.39 Å². The summed E-state index contributed by atoms with van der Waals surface area (Å²) in [5.74, 6) is -0.705. The van der Waals surface area contributed by atoms with Crippen molar-refractivity contribution in [1.29, 1.82) is 0 Å². The number of halogens is 1. The van der Waals surface area contributed by atoms with E-state index < -0.39 is 21.9 Å². The number of nitrogens with one attached hydrogen (secondary N) is 2. The molecule has 138 valence electrons. The minimum Gasteiger partial charge on any atom is -0.387 e. The molecule has 0 bridgehead atoms. The average Bonchev–Trinajstić information content (AvgIpc) is 3.26. The zero-order valence-electron chi connectivity index (χ0n) is 13.8. The third-order valence-corrected chi connectivity index (χ3v) is 5.33. The largest absolute Gasteiger partial charge is 0.387 e. The third-order valence-electron chi connectivity index (χ3n) is 3.87. The van der Waals surface area contributed by atoms with E-state index in [0.717, 1.165) is 18.2 Å². The van der Waals surface area contributed by atoms with Crippen LogP contribution < -0.4 is 4.72 Å². The van der Waals surface area contributed by atoms with Gasteiger partial charge in [-0.2, -0.15) is 5.21 Å². The molecule has 2 heterocycles. The van der Waals surface area contributed by atoms with Crippen LogP contribution >= 0.6 is 0 Å². The molecule has 0 aliphatic rings.